The Morgan fingerprint density at radius 1 is 1.00 bits per heavy atom. The van der Waals surface area contributed by atoms with Crippen LogP contribution in [0.2, 0.25) is 0 Å². The molecule has 1 aliphatic carbocycles. The van der Waals surface area contributed by atoms with Gasteiger partial charge < -0.3 is 14.8 Å². The van der Waals surface area contributed by atoms with E-state index in [1.807, 2.05) is 41.8 Å². The van der Waals surface area contributed by atoms with Crippen molar-refractivity contribution < 1.29 is 9.59 Å². The Morgan fingerprint density at radius 2 is 1.65 bits per heavy atom. The second-order valence-electron chi connectivity index (χ2n) is 9.30. The zero-order chi connectivity index (χ0) is 21.8. The van der Waals surface area contributed by atoms with Gasteiger partial charge in [-0.05, 0) is 43.9 Å². The molecular formula is C26H35N3O2. The standard InChI is InChI=1S/C26H35N3O2/c1-3-18-29-24(30)23-17-16-22(20-12-8-7-9-13-20)28(23)19-26(29,2)25(31)27-21-14-10-5-4-6-11-15-21/h7-9,12-13,16-17,21H,3-6,10-11,14-15,18-19H2,1-2H3,(H,27,31)/t26-/m1/s1. The third-order valence-electron chi connectivity index (χ3n) is 6.95. The maximum absolute atomic E-state index is 13.7. The Kier molecular flexibility index (Phi) is 6.49. The summed E-state index contributed by atoms with van der Waals surface area (Å²) >= 11 is 0. The van der Waals surface area contributed by atoms with E-state index in [-0.39, 0.29) is 17.9 Å². The van der Waals surface area contributed by atoms with Crippen LogP contribution >= 0.6 is 0 Å². The van der Waals surface area contributed by atoms with E-state index in [1.54, 1.807) is 4.90 Å². The van der Waals surface area contributed by atoms with Crippen molar-refractivity contribution in [2.24, 2.45) is 0 Å². The number of amides is 2. The number of hydrogen-bond acceptors (Lipinski definition) is 2. The molecule has 0 bridgehead atoms. The number of nitrogens with zero attached hydrogens (tertiary/aromatic N) is 2. The molecule has 0 unspecified atom stereocenters. The summed E-state index contributed by atoms with van der Waals surface area (Å²) in [7, 11) is 0. The Labute approximate surface area is 185 Å². The van der Waals surface area contributed by atoms with Crippen LogP contribution in [0.1, 0.15) is 75.7 Å². The fourth-order valence-electron chi connectivity index (χ4n) is 5.15. The molecule has 0 spiro atoms. The number of benzene rings is 1. The van der Waals surface area contributed by atoms with Gasteiger partial charge in [0, 0.05) is 18.3 Å². The fourth-order valence-corrected chi connectivity index (χ4v) is 5.15. The van der Waals surface area contributed by atoms with Crippen LogP contribution in [0, 0.1) is 0 Å². The summed E-state index contributed by atoms with van der Waals surface area (Å²) < 4.78 is 2.04. The van der Waals surface area contributed by atoms with Crippen LogP contribution in [0.3, 0.4) is 0 Å². The van der Waals surface area contributed by atoms with Gasteiger partial charge in [-0.1, -0.05) is 69.4 Å². The number of carbonyl (C=O) groups is 2. The molecule has 2 heterocycles. The molecule has 166 valence electrons. The highest BCUT2D eigenvalue weighted by molar-refractivity contribution is 6.00. The van der Waals surface area contributed by atoms with Crippen LogP contribution in [0.5, 0.6) is 0 Å². The predicted molar refractivity (Wildman–Crippen MR) is 124 cm³/mol. The monoisotopic (exact) mass is 421 g/mol. The molecule has 2 aliphatic rings. The number of hydrogen-bond donors (Lipinski definition) is 1. The van der Waals surface area contributed by atoms with Crippen LogP contribution in [0.15, 0.2) is 42.5 Å². The number of rotatable bonds is 5. The molecule has 2 amide bonds. The highest BCUT2D eigenvalue weighted by atomic mass is 16.2. The zero-order valence-corrected chi connectivity index (χ0v) is 18.9. The molecule has 2 aromatic rings. The normalized spacial score (nSPS) is 22.5. The number of carbonyl (C=O) groups excluding carboxylic acids is 2. The molecule has 5 nitrogen and oxygen atoms in total. The molecule has 1 aliphatic heterocycles. The predicted octanol–water partition coefficient (Wildman–Crippen LogP) is 5.01. The second kappa shape index (κ2) is 9.29. The minimum atomic E-state index is -0.898. The Morgan fingerprint density at radius 3 is 2.32 bits per heavy atom. The van der Waals surface area contributed by atoms with Crippen molar-refractivity contribution in [3.05, 3.63) is 48.2 Å². The van der Waals surface area contributed by atoms with Gasteiger partial charge >= 0.3 is 0 Å². The number of aromatic nitrogens is 1. The lowest BCUT2D eigenvalue weighted by atomic mass is 9.92. The lowest BCUT2D eigenvalue weighted by Gasteiger charge is -2.45. The maximum Gasteiger partial charge on any atom is 0.271 e. The minimum Gasteiger partial charge on any atom is -0.351 e. The molecule has 0 saturated heterocycles. The van der Waals surface area contributed by atoms with Crippen LogP contribution in [0.25, 0.3) is 11.3 Å². The first-order valence-corrected chi connectivity index (χ1v) is 11.9. The van der Waals surface area contributed by atoms with Crippen molar-refractivity contribution in [2.45, 2.75) is 83.3 Å². The molecule has 1 saturated carbocycles. The van der Waals surface area contributed by atoms with Gasteiger partial charge in [0.05, 0.1) is 6.54 Å². The summed E-state index contributed by atoms with van der Waals surface area (Å²) in [4.78, 5) is 29.0. The Bertz CT molecular complexity index is 912. The SMILES string of the molecule is CCCN1C(=O)c2ccc(-c3ccccc3)n2C[C@]1(C)C(=O)NC1CCCCCCC1. The summed E-state index contributed by atoms with van der Waals surface area (Å²) in [5.74, 6) is -0.0659. The quantitative estimate of drug-likeness (QED) is 0.738. The molecule has 1 atom stereocenters. The molecule has 1 aromatic heterocycles. The van der Waals surface area contributed by atoms with E-state index < -0.39 is 5.54 Å². The lowest BCUT2D eigenvalue weighted by molar-refractivity contribution is -0.133. The van der Waals surface area contributed by atoms with Crippen LogP contribution in [-0.2, 0) is 11.3 Å². The van der Waals surface area contributed by atoms with Crippen molar-refractivity contribution in [2.75, 3.05) is 6.54 Å². The van der Waals surface area contributed by atoms with Crippen molar-refractivity contribution in [1.82, 2.24) is 14.8 Å². The summed E-state index contributed by atoms with van der Waals surface area (Å²) in [6.07, 6.45) is 9.02. The van der Waals surface area contributed by atoms with E-state index in [0.717, 1.165) is 30.5 Å². The van der Waals surface area contributed by atoms with Gasteiger partial charge in [-0.3, -0.25) is 9.59 Å². The highest BCUT2D eigenvalue weighted by Crippen LogP contribution is 2.33. The van der Waals surface area contributed by atoms with E-state index >= 15 is 0 Å². The fraction of sp³-hybridized carbons (Fsp3) is 0.538. The Balaban J connectivity index is 1.65. The molecule has 1 N–H and O–H groups in total. The van der Waals surface area contributed by atoms with Crippen molar-refractivity contribution in [1.29, 1.82) is 0 Å². The third kappa shape index (κ3) is 4.28. The van der Waals surface area contributed by atoms with Gasteiger partial charge in [0.2, 0.25) is 5.91 Å². The molecule has 31 heavy (non-hydrogen) atoms. The van der Waals surface area contributed by atoms with Gasteiger partial charge in [-0.25, -0.2) is 0 Å². The maximum atomic E-state index is 13.7. The molecule has 4 rings (SSSR count). The first-order chi connectivity index (χ1) is 15.0. The summed E-state index contributed by atoms with van der Waals surface area (Å²) in [5.41, 5.74) is 1.83. The number of fused-ring (bicyclic) bond motifs is 1. The molecular weight excluding hydrogens is 386 g/mol. The molecule has 1 fully saturated rings. The van der Waals surface area contributed by atoms with E-state index in [0.29, 0.717) is 18.8 Å². The van der Waals surface area contributed by atoms with Crippen LogP contribution in [-0.4, -0.2) is 39.4 Å². The first-order valence-electron chi connectivity index (χ1n) is 11.9. The largest absolute Gasteiger partial charge is 0.351 e. The zero-order valence-electron chi connectivity index (χ0n) is 18.9. The van der Waals surface area contributed by atoms with E-state index in [4.69, 9.17) is 0 Å². The number of nitrogens with one attached hydrogen (secondary N) is 1. The van der Waals surface area contributed by atoms with Crippen molar-refractivity contribution >= 4 is 11.8 Å². The van der Waals surface area contributed by atoms with Gasteiger partial charge in [0.25, 0.3) is 5.91 Å². The van der Waals surface area contributed by atoms with Gasteiger partial charge in [0.15, 0.2) is 0 Å². The van der Waals surface area contributed by atoms with E-state index in [9.17, 15) is 9.59 Å². The average Bonchev–Trinajstić information content (AvgIpc) is 3.17. The second-order valence-corrected chi connectivity index (χ2v) is 9.30. The molecule has 0 radical (unpaired) electrons. The summed E-state index contributed by atoms with van der Waals surface area (Å²) in [6, 6.07) is 14.2. The molecule has 5 heteroatoms. The topological polar surface area (TPSA) is 54.3 Å². The van der Waals surface area contributed by atoms with E-state index in [1.165, 1.54) is 32.1 Å². The minimum absolute atomic E-state index is 0.0155. The average molecular weight is 422 g/mol. The summed E-state index contributed by atoms with van der Waals surface area (Å²) in [6.45, 7) is 5.06. The first kappa shape index (κ1) is 21.7. The van der Waals surface area contributed by atoms with Crippen LogP contribution < -0.4 is 5.32 Å². The summed E-state index contributed by atoms with van der Waals surface area (Å²) in [5, 5.41) is 3.34. The van der Waals surface area contributed by atoms with Gasteiger partial charge in [-0.15, -0.1) is 0 Å². The van der Waals surface area contributed by atoms with E-state index in [2.05, 4.69) is 24.4 Å². The van der Waals surface area contributed by atoms with Crippen molar-refractivity contribution in [3.8, 4) is 11.3 Å². The molecule has 1 aromatic carbocycles. The third-order valence-corrected chi connectivity index (χ3v) is 6.95. The lowest BCUT2D eigenvalue weighted by Crippen LogP contribution is -2.65. The van der Waals surface area contributed by atoms with Gasteiger partial charge in [-0.2, -0.15) is 0 Å². The highest BCUT2D eigenvalue weighted by Gasteiger charge is 2.47. The van der Waals surface area contributed by atoms with Gasteiger partial charge in [0.1, 0.15) is 11.2 Å². The Hall–Kier alpha value is -2.56. The van der Waals surface area contributed by atoms with Crippen LogP contribution in [0.4, 0.5) is 0 Å². The van der Waals surface area contributed by atoms with Crippen molar-refractivity contribution in [3.63, 3.8) is 0 Å². The smallest absolute Gasteiger partial charge is 0.271 e.